The van der Waals surface area contributed by atoms with Gasteiger partial charge in [0.05, 0.1) is 23.8 Å². The average molecular weight is 330 g/mol. The van der Waals surface area contributed by atoms with Gasteiger partial charge < -0.3 is 14.4 Å². The van der Waals surface area contributed by atoms with Crippen molar-refractivity contribution in [1.29, 1.82) is 5.26 Å². The normalized spacial score (nSPS) is 20.3. The Bertz CT molecular complexity index is 611. The van der Waals surface area contributed by atoms with Crippen LogP contribution in [0.1, 0.15) is 31.4 Å². The lowest BCUT2D eigenvalue weighted by Crippen LogP contribution is -2.49. The summed E-state index contributed by atoms with van der Waals surface area (Å²) < 4.78 is 10.6. The van der Waals surface area contributed by atoms with E-state index in [0.29, 0.717) is 25.1 Å². The number of hydrogen-bond acceptors (Lipinski definition) is 5. The highest BCUT2D eigenvalue weighted by atomic mass is 16.5. The van der Waals surface area contributed by atoms with Crippen molar-refractivity contribution in [2.24, 2.45) is 0 Å². The van der Waals surface area contributed by atoms with E-state index in [4.69, 9.17) is 14.7 Å². The molecule has 1 aromatic rings. The number of aryl methyl sites for hydroxylation is 1. The minimum absolute atomic E-state index is 0.00946. The van der Waals surface area contributed by atoms with Crippen molar-refractivity contribution < 1.29 is 19.1 Å². The van der Waals surface area contributed by atoms with Crippen LogP contribution in [0, 0.1) is 11.3 Å². The molecular weight excluding hydrogens is 308 g/mol. The molecule has 2 atom stereocenters. The summed E-state index contributed by atoms with van der Waals surface area (Å²) in [7, 11) is 0. The number of benzene rings is 1. The van der Waals surface area contributed by atoms with Crippen LogP contribution in [0.4, 0.5) is 0 Å². The molecular formula is C18H22N2O4. The zero-order chi connectivity index (χ0) is 17.5. The lowest BCUT2D eigenvalue weighted by molar-refractivity contribution is -0.157. The summed E-state index contributed by atoms with van der Waals surface area (Å²) in [5, 5.41) is 8.74. The molecule has 1 saturated heterocycles. The number of carbonyl (C=O) groups excluding carboxylic acids is 2. The summed E-state index contributed by atoms with van der Waals surface area (Å²) in [5.74, 6) is -0.592. The molecule has 0 saturated carbocycles. The van der Waals surface area contributed by atoms with E-state index < -0.39 is 5.97 Å². The van der Waals surface area contributed by atoms with Crippen LogP contribution < -0.4 is 0 Å². The Balaban J connectivity index is 1.72. The third-order valence-corrected chi connectivity index (χ3v) is 3.83. The first-order chi connectivity index (χ1) is 11.5. The molecule has 1 aliphatic rings. The Hall–Kier alpha value is -2.39. The summed E-state index contributed by atoms with van der Waals surface area (Å²) >= 11 is 0. The van der Waals surface area contributed by atoms with E-state index in [2.05, 4.69) is 0 Å². The molecule has 0 radical (unpaired) electrons. The van der Waals surface area contributed by atoms with Crippen molar-refractivity contribution in [1.82, 2.24) is 4.90 Å². The number of nitrogens with zero attached hydrogens (tertiary/aromatic N) is 2. The van der Waals surface area contributed by atoms with Gasteiger partial charge in [0.15, 0.2) is 6.61 Å². The van der Waals surface area contributed by atoms with Gasteiger partial charge in [-0.05, 0) is 38.0 Å². The summed E-state index contributed by atoms with van der Waals surface area (Å²) in [6.45, 7) is 4.64. The second-order valence-corrected chi connectivity index (χ2v) is 6.03. The van der Waals surface area contributed by atoms with Crippen LogP contribution in [0.5, 0.6) is 0 Å². The van der Waals surface area contributed by atoms with Gasteiger partial charge in [-0.15, -0.1) is 0 Å². The van der Waals surface area contributed by atoms with Crippen molar-refractivity contribution in [2.45, 2.75) is 38.9 Å². The van der Waals surface area contributed by atoms with E-state index in [1.807, 2.05) is 32.0 Å². The Labute approximate surface area is 142 Å². The van der Waals surface area contributed by atoms with E-state index in [1.165, 1.54) is 0 Å². The molecule has 128 valence electrons. The highest BCUT2D eigenvalue weighted by molar-refractivity contribution is 5.80. The molecule has 1 aliphatic heterocycles. The lowest BCUT2D eigenvalue weighted by atomic mass is 10.1. The van der Waals surface area contributed by atoms with Crippen LogP contribution in [0.25, 0.3) is 0 Å². The first-order valence-electron chi connectivity index (χ1n) is 8.06. The van der Waals surface area contributed by atoms with Gasteiger partial charge in [0, 0.05) is 19.5 Å². The number of amides is 1. The Morgan fingerprint density at radius 2 is 1.88 bits per heavy atom. The molecule has 0 unspecified atom stereocenters. The highest BCUT2D eigenvalue weighted by Gasteiger charge is 2.26. The number of nitriles is 1. The minimum Gasteiger partial charge on any atom is -0.456 e. The van der Waals surface area contributed by atoms with E-state index in [0.717, 1.165) is 5.56 Å². The van der Waals surface area contributed by atoms with Crippen molar-refractivity contribution in [3.8, 4) is 6.07 Å². The van der Waals surface area contributed by atoms with Gasteiger partial charge in [-0.1, -0.05) is 12.1 Å². The van der Waals surface area contributed by atoms with Crippen LogP contribution in [-0.2, 0) is 25.5 Å². The fourth-order valence-corrected chi connectivity index (χ4v) is 2.68. The molecule has 0 aliphatic carbocycles. The van der Waals surface area contributed by atoms with Crippen LogP contribution in [0.2, 0.25) is 0 Å². The van der Waals surface area contributed by atoms with Crippen LogP contribution in [0.15, 0.2) is 24.3 Å². The largest absolute Gasteiger partial charge is 0.456 e. The molecule has 1 amide bonds. The van der Waals surface area contributed by atoms with Gasteiger partial charge in [0.1, 0.15) is 0 Å². The van der Waals surface area contributed by atoms with E-state index in [9.17, 15) is 9.59 Å². The lowest BCUT2D eigenvalue weighted by Gasteiger charge is -2.35. The van der Waals surface area contributed by atoms with Gasteiger partial charge >= 0.3 is 5.97 Å². The topological polar surface area (TPSA) is 79.6 Å². The van der Waals surface area contributed by atoms with E-state index in [-0.39, 0.29) is 31.1 Å². The number of morpholine rings is 1. The maximum Gasteiger partial charge on any atom is 0.306 e. The predicted molar refractivity (Wildman–Crippen MR) is 87.0 cm³/mol. The molecule has 0 N–H and O–H groups in total. The predicted octanol–water partition coefficient (Wildman–Crippen LogP) is 1.67. The first kappa shape index (κ1) is 18.0. The van der Waals surface area contributed by atoms with Crippen LogP contribution in [0.3, 0.4) is 0 Å². The molecule has 0 spiro atoms. The first-order valence-corrected chi connectivity index (χ1v) is 8.06. The SMILES string of the molecule is C[C@H]1CN(C(=O)COC(=O)CCc2ccc(C#N)cc2)C[C@H](C)O1. The van der Waals surface area contributed by atoms with Crippen LogP contribution in [-0.4, -0.2) is 48.7 Å². The zero-order valence-corrected chi connectivity index (χ0v) is 14.0. The number of hydrogen-bond donors (Lipinski definition) is 0. The number of ether oxygens (including phenoxy) is 2. The van der Waals surface area contributed by atoms with Crippen LogP contribution >= 0.6 is 0 Å². The molecule has 0 aromatic heterocycles. The summed E-state index contributed by atoms with van der Waals surface area (Å²) in [5.41, 5.74) is 1.54. The van der Waals surface area contributed by atoms with Gasteiger partial charge in [-0.3, -0.25) is 9.59 Å². The van der Waals surface area contributed by atoms with Crippen molar-refractivity contribution in [3.63, 3.8) is 0 Å². The molecule has 1 aromatic carbocycles. The molecule has 6 heteroatoms. The number of carbonyl (C=O) groups is 2. The highest BCUT2D eigenvalue weighted by Crippen LogP contribution is 2.11. The molecule has 24 heavy (non-hydrogen) atoms. The molecule has 1 heterocycles. The second-order valence-electron chi connectivity index (χ2n) is 6.03. The van der Waals surface area contributed by atoms with Gasteiger partial charge in [-0.25, -0.2) is 0 Å². The minimum atomic E-state index is -0.401. The summed E-state index contributed by atoms with van der Waals surface area (Å²) in [6, 6.07) is 9.10. The maximum absolute atomic E-state index is 12.1. The Kier molecular flexibility index (Phi) is 6.33. The second kappa shape index (κ2) is 8.46. The van der Waals surface area contributed by atoms with Gasteiger partial charge in [0.2, 0.25) is 0 Å². The fraction of sp³-hybridized carbons (Fsp3) is 0.500. The third kappa shape index (κ3) is 5.36. The quantitative estimate of drug-likeness (QED) is 0.767. The third-order valence-electron chi connectivity index (χ3n) is 3.83. The summed E-state index contributed by atoms with van der Waals surface area (Å²) in [6.07, 6.45) is 0.703. The molecule has 6 nitrogen and oxygen atoms in total. The van der Waals surface area contributed by atoms with Gasteiger partial charge in [-0.2, -0.15) is 5.26 Å². The van der Waals surface area contributed by atoms with Crippen molar-refractivity contribution >= 4 is 11.9 Å². The standard InChI is InChI=1S/C18H22N2O4/c1-13-10-20(11-14(2)24-13)17(21)12-23-18(22)8-7-15-3-5-16(9-19)6-4-15/h3-6,13-14H,7-8,10-12H2,1-2H3/t13-,14-/m0/s1. The molecule has 2 rings (SSSR count). The number of esters is 1. The fourth-order valence-electron chi connectivity index (χ4n) is 2.68. The van der Waals surface area contributed by atoms with Crippen molar-refractivity contribution in [2.75, 3.05) is 19.7 Å². The van der Waals surface area contributed by atoms with E-state index >= 15 is 0 Å². The summed E-state index contributed by atoms with van der Waals surface area (Å²) in [4.78, 5) is 25.6. The van der Waals surface area contributed by atoms with E-state index in [1.54, 1.807) is 17.0 Å². The Morgan fingerprint density at radius 1 is 1.25 bits per heavy atom. The molecule has 0 bridgehead atoms. The smallest absolute Gasteiger partial charge is 0.306 e. The monoisotopic (exact) mass is 330 g/mol. The average Bonchev–Trinajstić information content (AvgIpc) is 2.57. The van der Waals surface area contributed by atoms with Crippen molar-refractivity contribution in [3.05, 3.63) is 35.4 Å². The zero-order valence-electron chi connectivity index (χ0n) is 14.0. The number of rotatable bonds is 5. The Morgan fingerprint density at radius 3 is 2.46 bits per heavy atom. The maximum atomic E-state index is 12.1. The van der Waals surface area contributed by atoms with Gasteiger partial charge in [0.25, 0.3) is 5.91 Å². The molecule has 1 fully saturated rings.